The molecule has 2 heterocycles. The molecule has 2 aromatic heterocycles. The molecule has 0 spiro atoms. The van der Waals surface area contributed by atoms with Crippen LogP contribution in [0.5, 0.6) is 0 Å². The maximum Gasteiger partial charge on any atom is 0.270 e. The molecule has 3 aromatic rings. The molecule has 0 radical (unpaired) electrons. The molecule has 30 heavy (non-hydrogen) atoms. The summed E-state index contributed by atoms with van der Waals surface area (Å²) < 4.78 is 15.0. The normalized spacial score (nSPS) is 12.5. The molecule has 152 valence electrons. The van der Waals surface area contributed by atoms with Gasteiger partial charge in [0.05, 0.1) is 0 Å². The number of fused-ring (bicyclic) bond motifs is 1. The molecule has 0 aliphatic carbocycles. The maximum atomic E-state index is 13.4. The zero-order valence-electron chi connectivity index (χ0n) is 16.4. The van der Waals surface area contributed by atoms with Gasteiger partial charge in [0, 0.05) is 24.3 Å². The Kier molecular flexibility index (Phi) is 6.59. The first-order valence-electron chi connectivity index (χ1n) is 9.09. The van der Waals surface area contributed by atoms with Crippen LogP contribution in [0.1, 0.15) is 23.0 Å². The van der Waals surface area contributed by atoms with Crippen molar-refractivity contribution in [3.63, 3.8) is 0 Å². The quantitative estimate of drug-likeness (QED) is 0.352. The first-order valence-corrected chi connectivity index (χ1v) is 9.53. The molecule has 7 heteroatoms. The van der Waals surface area contributed by atoms with E-state index in [0.29, 0.717) is 28.2 Å². The van der Waals surface area contributed by atoms with E-state index in [-0.39, 0.29) is 11.7 Å². The fourth-order valence-corrected chi connectivity index (χ4v) is 3.08. The number of carbonyl (C=O) groups excluding carboxylic acids is 2. The van der Waals surface area contributed by atoms with Gasteiger partial charge in [-0.25, -0.2) is 9.37 Å². The van der Waals surface area contributed by atoms with Gasteiger partial charge < -0.3 is 5.32 Å². The van der Waals surface area contributed by atoms with Crippen LogP contribution in [0.25, 0.3) is 22.5 Å². The summed E-state index contributed by atoms with van der Waals surface area (Å²) in [5, 5.41) is 2.63. The van der Waals surface area contributed by atoms with Gasteiger partial charge in [0.15, 0.2) is 0 Å². The van der Waals surface area contributed by atoms with Gasteiger partial charge in [-0.1, -0.05) is 23.8 Å². The van der Waals surface area contributed by atoms with Crippen molar-refractivity contribution in [2.75, 3.05) is 7.05 Å². The fraction of sp³-hybridized carbons (Fsp3) is 0.0870. The number of nitrogens with one attached hydrogen (secondary N) is 1. The van der Waals surface area contributed by atoms with Gasteiger partial charge in [-0.2, -0.15) is 0 Å². The van der Waals surface area contributed by atoms with Crippen molar-refractivity contribution in [2.45, 2.75) is 6.92 Å². The second-order valence-electron chi connectivity index (χ2n) is 6.49. The minimum Gasteiger partial charge on any atom is -0.354 e. The lowest BCUT2D eigenvalue weighted by atomic mass is 10.0. The largest absolute Gasteiger partial charge is 0.354 e. The van der Waals surface area contributed by atoms with Gasteiger partial charge in [0.25, 0.3) is 5.91 Å². The number of benzene rings is 1. The van der Waals surface area contributed by atoms with E-state index in [4.69, 9.17) is 11.6 Å². The highest BCUT2D eigenvalue weighted by molar-refractivity contribution is 6.25. The predicted molar refractivity (Wildman–Crippen MR) is 117 cm³/mol. The summed E-state index contributed by atoms with van der Waals surface area (Å²) >= 11 is 5.66. The highest BCUT2D eigenvalue weighted by atomic mass is 35.5. The first-order chi connectivity index (χ1) is 14.5. The molecule has 3 rings (SSSR count). The van der Waals surface area contributed by atoms with Gasteiger partial charge in [-0.05, 0) is 66.1 Å². The highest BCUT2D eigenvalue weighted by Gasteiger charge is 2.20. The van der Waals surface area contributed by atoms with E-state index in [9.17, 15) is 14.0 Å². The predicted octanol–water partition coefficient (Wildman–Crippen LogP) is 4.78. The lowest BCUT2D eigenvalue weighted by molar-refractivity contribution is -0.104. The lowest BCUT2D eigenvalue weighted by Crippen LogP contribution is -2.20. The molecule has 0 saturated heterocycles. The number of imidazole rings is 1. The highest BCUT2D eigenvalue weighted by Crippen LogP contribution is 2.27. The molecule has 0 fully saturated rings. The second kappa shape index (κ2) is 9.33. The number of rotatable bonds is 6. The number of pyridine rings is 1. The van der Waals surface area contributed by atoms with Crippen molar-refractivity contribution in [1.29, 1.82) is 0 Å². The molecule has 0 saturated carbocycles. The van der Waals surface area contributed by atoms with Gasteiger partial charge in [-0.15, -0.1) is 0 Å². The van der Waals surface area contributed by atoms with Crippen LogP contribution in [-0.4, -0.2) is 28.6 Å². The Morgan fingerprint density at radius 1 is 1.20 bits per heavy atom. The van der Waals surface area contributed by atoms with E-state index in [1.807, 2.05) is 6.07 Å². The third-order valence-electron chi connectivity index (χ3n) is 4.43. The number of carbonyl (C=O) groups is 2. The monoisotopic (exact) mass is 423 g/mol. The van der Waals surface area contributed by atoms with Gasteiger partial charge in [-0.3, -0.25) is 14.0 Å². The van der Waals surface area contributed by atoms with Crippen LogP contribution in [-0.2, 0) is 4.79 Å². The lowest BCUT2D eigenvalue weighted by Gasteiger charge is -2.07. The van der Waals surface area contributed by atoms with Crippen molar-refractivity contribution < 1.29 is 14.0 Å². The smallest absolute Gasteiger partial charge is 0.270 e. The van der Waals surface area contributed by atoms with Crippen molar-refractivity contribution in [2.24, 2.45) is 0 Å². The summed E-state index contributed by atoms with van der Waals surface area (Å²) in [5.74, 6) is -0.699. The van der Waals surface area contributed by atoms with Gasteiger partial charge in [0.2, 0.25) is 0 Å². The summed E-state index contributed by atoms with van der Waals surface area (Å²) in [4.78, 5) is 28.3. The molecular formula is C23H19ClFN3O2. The first kappa shape index (κ1) is 21.2. The third kappa shape index (κ3) is 4.39. The molecular weight excluding hydrogens is 405 g/mol. The van der Waals surface area contributed by atoms with E-state index >= 15 is 0 Å². The van der Waals surface area contributed by atoms with E-state index in [1.54, 1.807) is 53.9 Å². The molecule has 1 aromatic carbocycles. The number of halogens is 2. The Bertz CT molecular complexity index is 1190. The van der Waals surface area contributed by atoms with E-state index in [2.05, 4.69) is 10.3 Å². The summed E-state index contributed by atoms with van der Waals surface area (Å²) in [5.41, 5.74) is 5.33. The van der Waals surface area contributed by atoms with E-state index < -0.39 is 0 Å². The number of aldehydes is 1. The summed E-state index contributed by atoms with van der Waals surface area (Å²) in [7, 11) is 1.53. The summed E-state index contributed by atoms with van der Waals surface area (Å²) in [6, 6.07) is 9.42. The molecule has 0 aliphatic heterocycles. The third-order valence-corrected chi connectivity index (χ3v) is 4.57. The molecule has 0 atom stereocenters. The van der Waals surface area contributed by atoms with Crippen LogP contribution in [0.4, 0.5) is 4.39 Å². The molecule has 5 nitrogen and oxygen atoms in total. The van der Waals surface area contributed by atoms with E-state index in [0.717, 1.165) is 17.4 Å². The zero-order chi connectivity index (χ0) is 21.7. The number of nitrogens with zero attached hydrogens (tertiary/aromatic N) is 2. The molecule has 0 bridgehead atoms. The zero-order valence-corrected chi connectivity index (χ0v) is 17.2. The molecule has 1 N–H and O–H groups in total. The van der Waals surface area contributed by atoms with Gasteiger partial charge in [0.1, 0.15) is 29.1 Å². The molecule has 1 amide bonds. The van der Waals surface area contributed by atoms with Crippen LogP contribution in [0, 0.1) is 5.82 Å². The van der Waals surface area contributed by atoms with E-state index in [1.165, 1.54) is 24.7 Å². The average molecular weight is 424 g/mol. The number of aromatic nitrogens is 2. The molecule has 0 unspecified atom stereocenters. The number of amides is 1. The number of hydrogen-bond donors (Lipinski definition) is 1. The Morgan fingerprint density at radius 3 is 2.57 bits per heavy atom. The fourth-order valence-electron chi connectivity index (χ4n) is 3.01. The van der Waals surface area contributed by atoms with Crippen LogP contribution in [0.2, 0.25) is 0 Å². The van der Waals surface area contributed by atoms with Crippen molar-refractivity contribution >= 4 is 35.0 Å². The average Bonchev–Trinajstić information content (AvgIpc) is 3.15. The standard InChI is InChI=1S/C23H19ClFN3O2/c1-15(14-29)12-17(4-3-11-24)18-7-10-20-27-21(16-5-8-19(25)9-6-16)22(23(30)26-2)28(20)13-18/h3-14H,1-2H3,(H,26,30)/b11-3+,15-12+,17-4+. The van der Waals surface area contributed by atoms with Gasteiger partial charge >= 0.3 is 0 Å². The Balaban J connectivity index is 2.25. The Morgan fingerprint density at radius 2 is 1.93 bits per heavy atom. The van der Waals surface area contributed by atoms with Crippen molar-refractivity contribution in [3.8, 4) is 11.3 Å². The van der Waals surface area contributed by atoms with Crippen molar-refractivity contribution in [3.05, 3.63) is 89.0 Å². The second-order valence-corrected chi connectivity index (χ2v) is 6.74. The Hall–Kier alpha value is -3.51. The van der Waals surface area contributed by atoms with Crippen LogP contribution in [0.3, 0.4) is 0 Å². The SMILES string of the molecule is CNC(=O)c1c(-c2ccc(F)cc2)nc2ccc(C(/C=C(\C)C=O)=C/C=C/Cl)cn12. The maximum absolute atomic E-state index is 13.4. The molecule has 0 aliphatic rings. The van der Waals surface area contributed by atoms with Crippen LogP contribution >= 0.6 is 11.6 Å². The number of allylic oxidation sites excluding steroid dienone is 5. The van der Waals surface area contributed by atoms with Crippen LogP contribution in [0.15, 0.2) is 71.9 Å². The minimum absolute atomic E-state index is 0.323. The van der Waals surface area contributed by atoms with Crippen LogP contribution < -0.4 is 5.32 Å². The summed E-state index contributed by atoms with van der Waals surface area (Å²) in [6.07, 6.45) is 7.66. The summed E-state index contributed by atoms with van der Waals surface area (Å²) in [6.45, 7) is 1.70. The number of hydrogen-bond acceptors (Lipinski definition) is 3. The topological polar surface area (TPSA) is 63.5 Å². The van der Waals surface area contributed by atoms with Crippen molar-refractivity contribution in [1.82, 2.24) is 14.7 Å². The minimum atomic E-state index is -0.370. The Labute approximate surface area is 178 Å².